The molecule has 1 amide bonds. The van der Waals surface area contributed by atoms with Crippen LogP contribution in [0.4, 0.5) is 10.5 Å². The number of nitro benzene ring substituents is 1. The standard InChI is InChI=1S/C20H21N5O4S/c1-20(2,3)29-19(26)21-16(11-13-7-5-4-6-8-13)18(30)24-17-12-14(25(27)28)9-10-15(17)22-23-24/h4-10,12,16H,11H2,1-3H3,(H,21,26)/t16-/m0/s1. The molecule has 3 aromatic rings. The molecule has 0 saturated carbocycles. The average molecular weight is 427 g/mol. The Morgan fingerprint density at radius 1 is 1.27 bits per heavy atom. The highest BCUT2D eigenvalue weighted by atomic mass is 32.1. The molecule has 1 atom stereocenters. The Labute approximate surface area is 178 Å². The maximum Gasteiger partial charge on any atom is 0.408 e. The zero-order chi connectivity index (χ0) is 21.9. The van der Waals surface area contributed by atoms with Crippen molar-refractivity contribution < 1.29 is 14.5 Å². The molecule has 1 heterocycles. The Kier molecular flexibility index (Phi) is 6.06. The first-order valence-corrected chi connectivity index (χ1v) is 9.62. The summed E-state index contributed by atoms with van der Waals surface area (Å²) in [4.78, 5) is 23.3. The van der Waals surface area contributed by atoms with E-state index in [-0.39, 0.29) is 10.7 Å². The number of nitrogens with zero attached hydrogens (tertiary/aromatic N) is 4. The van der Waals surface area contributed by atoms with E-state index in [0.717, 1.165) is 5.56 Å². The number of carbonyl (C=O) groups excluding carboxylic acids is 1. The van der Waals surface area contributed by atoms with Crippen LogP contribution in [0.15, 0.2) is 48.5 Å². The number of fused-ring (bicyclic) bond motifs is 1. The van der Waals surface area contributed by atoms with Crippen LogP contribution in [0.5, 0.6) is 0 Å². The lowest BCUT2D eigenvalue weighted by Gasteiger charge is -2.24. The summed E-state index contributed by atoms with van der Waals surface area (Å²) in [5.74, 6) is 0. The minimum atomic E-state index is -0.677. The maximum atomic E-state index is 12.4. The van der Waals surface area contributed by atoms with Crippen LogP contribution < -0.4 is 5.32 Å². The van der Waals surface area contributed by atoms with Gasteiger partial charge in [0.25, 0.3) is 5.69 Å². The Hall–Kier alpha value is -3.40. The second kappa shape index (κ2) is 8.54. The molecule has 2 aromatic carbocycles. The van der Waals surface area contributed by atoms with Gasteiger partial charge in [-0.05, 0) is 38.8 Å². The van der Waals surface area contributed by atoms with E-state index in [9.17, 15) is 14.9 Å². The Balaban J connectivity index is 1.94. The van der Waals surface area contributed by atoms with Gasteiger partial charge in [0.15, 0.2) is 0 Å². The summed E-state index contributed by atoms with van der Waals surface area (Å²) >= 11 is 5.61. The average Bonchev–Trinajstić information content (AvgIpc) is 3.09. The highest BCUT2D eigenvalue weighted by molar-refractivity contribution is 7.80. The van der Waals surface area contributed by atoms with Gasteiger partial charge in [-0.3, -0.25) is 10.1 Å². The van der Waals surface area contributed by atoms with E-state index in [1.807, 2.05) is 30.3 Å². The molecule has 1 aromatic heterocycles. The molecule has 0 aliphatic heterocycles. The lowest BCUT2D eigenvalue weighted by Crippen LogP contribution is -2.46. The zero-order valence-electron chi connectivity index (χ0n) is 16.7. The molecule has 1 N–H and O–H groups in total. The normalized spacial score (nSPS) is 12.4. The van der Waals surface area contributed by atoms with Crippen LogP contribution in [0.1, 0.15) is 26.3 Å². The smallest absolute Gasteiger partial charge is 0.408 e. The maximum absolute atomic E-state index is 12.4. The van der Waals surface area contributed by atoms with E-state index in [2.05, 4.69) is 15.6 Å². The molecule has 0 aliphatic carbocycles. The molecule has 0 unspecified atom stereocenters. The molecule has 10 heteroatoms. The summed E-state index contributed by atoms with van der Waals surface area (Å²) in [6.07, 6.45) is -0.240. The number of amides is 1. The number of nitro groups is 1. The van der Waals surface area contributed by atoms with E-state index < -0.39 is 22.7 Å². The molecule has 0 saturated heterocycles. The number of rotatable bonds is 5. The van der Waals surface area contributed by atoms with Crippen LogP contribution in [0.25, 0.3) is 11.0 Å². The largest absolute Gasteiger partial charge is 0.444 e. The number of ether oxygens (including phenoxy) is 1. The molecule has 0 bridgehead atoms. The van der Waals surface area contributed by atoms with Crippen LogP contribution >= 0.6 is 12.2 Å². The highest BCUT2D eigenvalue weighted by Gasteiger charge is 2.25. The molecule has 156 valence electrons. The Morgan fingerprint density at radius 2 is 1.97 bits per heavy atom. The first-order valence-electron chi connectivity index (χ1n) is 9.21. The third-order valence-electron chi connectivity index (χ3n) is 4.12. The lowest BCUT2D eigenvalue weighted by atomic mass is 10.1. The third-order valence-corrected chi connectivity index (χ3v) is 4.58. The quantitative estimate of drug-likeness (QED) is 0.376. The first kappa shape index (κ1) is 21.3. The van der Waals surface area contributed by atoms with E-state index >= 15 is 0 Å². The van der Waals surface area contributed by atoms with E-state index in [4.69, 9.17) is 17.0 Å². The number of hydrogen-bond donors (Lipinski definition) is 1. The lowest BCUT2D eigenvalue weighted by molar-refractivity contribution is -0.384. The molecule has 0 fully saturated rings. The molecule has 3 rings (SSSR count). The number of aromatic nitrogens is 3. The molecular formula is C20H21N5O4S. The summed E-state index contributed by atoms with van der Waals surface area (Å²) in [5, 5.41) is 22.0. The van der Waals surface area contributed by atoms with Crippen molar-refractivity contribution in [2.75, 3.05) is 0 Å². The summed E-state index contributed by atoms with van der Waals surface area (Å²) in [6, 6.07) is 13.1. The minimum absolute atomic E-state index is 0.103. The van der Waals surface area contributed by atoms with Crippen molar-refractivity contribution in [1.82, 2.24) is 20.3 Å². The van der Waals surface area contributed by atoms with Crippen molar-refractivity contribution in [2.45, 2.75) is 38.8 Å². The Morgan fingerprint density at radius 3 is 2.60 bits per heavy atom. The van der Waals surface area contributed by atoms with Gasteiger partial charge in [0, 0.05) is 12.1 Å². The van der Waals surface area contributed by atoms with Crippen LogP contribution in [0.2, 0.25) is 0 Å². The highest BCUT2D eigenvalue weighted by Crippen LogP contribution is 2.20. The fraction of sp³-hybridized carbons (Fsp3) is 0.300. The summed E-state index contributed by atoms with van der Waals surface area (Å²) in [7, 11) is 0. The molecule has 0 radical (unpaired) electrons. The van der Waals surface area contributed by atoms with Gasteiger partial charge in [0.1, 0.15) is 21.6 Å². The van der Waals surface area contributed by atoms with Crippen LogP contribution in [-0.2, 0) is 11.2 Å². The number of benzene rings is 2. The predicted molar refractivity (Wildman–Crippen MR) is 115 cm³/mol. The summed E-state index contributed by atoms with van der Waals surface area (Å²) < 4.78 is 6.70. The fourth-order valence-corrected chi connectivity index (χ4v) is 3.11. The first-order chi connectivity index (χ1) is 14.1. The molecule has 0 spiro atoms. The number of alkyl carbamates (subject to hydrolysis) is 1. The topological polar surface area (TPSA) is 112 Å². The second-order valence-electron chi connectivity index (χ2n) is 7.66. The number of non-ortho nitro benzene ring substituents is 1. The minimum Gasteiger partial charge on any atom is -0.444 e. The van der Waals surface area contributed by atoms with E-state index in [0.29, 0.717) is 17.5 Å². The van der Waals surface area contributed by atoms with Crippen molar-refractivity contribution >= 4 is 40.0 Å². The molecule has 9 nitrogen and oxygen atoms in total. The molecular weight excluding hydrogens is 406 g/mol. The second-order valence-corrected chi connectivity index (χ2v) is 8.08. The van der Waals surface area contributed by atoms with Crippen LogP contribution in [0.3, 0.4) is 0 Å². The Bertz CT molecular complexity index is 1090. The van der Waals surface area contributed by atoms with Crippen molar-refractivity contribution in [3.63, 3.8) is 0 Å². The number of thiocarbonyl (C=S) groups is 1. The van der Waals surface area contributed by atoms with Gasteiger partial charge < -0.3 is 10.1 Å². The molecule has 0 aliphatic rings. The van der Waals surface area contributed by atoms with Gasteiger partial charge in [-0.1, -0.05) is 47.8 Å². The van der Waals surface area contributed by atoms with Gasteiger partial charge in [0.2, 0.25) is 0 Å². The van der Waals surface area contributed by atoms with Crippen molar-refractivity contribution in [3.05, 3.63) is 64.2 Å². The zero-order valence-corrected chi connectivity index (χ0v) is 17.5. The van der Waals surface area contributed by atoms with Gasteiger partial charge in [-0.15, -0.1) is 5.10 Å². The van der Waals surface area contributed by atoms with Crippen LogP contribution in [0, 0.1) is 10.1 Å². The summed E-state index contributed by atoms with van der Waals surface area (Å²) in [6.45, 7) is 5.30. The fourth-order valence-electron chi connectivity index (χ4n) is 2.83. The van der Waals surface area contributed by atoms with Gasteiger partial charge >= 0.3 is 6.09 Å². The predicted octanol–water partition coefficient (Wildman–Crippen LogP) is 3.65. The third kappa shape index (κ3) is 5.15. The van der Waals surface area contributed by atoms with Gasteiger partial charge in [-0.25, -0.2) is 9.48 Å². The molecule has 30 heavy (non-hydrogen) atoms. The van der Waals surface area contributed by atoms with Crippen molar-refractivity contribution in [2.24, 2.45) is 0 Å². The van der Waals surface area contributed by atoms with Crippen LogP contribution in [-0.4, -0.2) is 42.6 Å². The van der Waals surface area contributed by atoms with Gasteiger partial charge in [0.05, 0.1) is 11.0 Å². The van der Waals surface area contributed by atoms with Crippen molar-refractivity contribution in [3.8, 4) is 0 Å². The van der Waals surface area contributed by atoms with E-state index in [1.54, 1.807) is 20.8 Å². The number of nitrogens with one attached hydrogen (secondary N) is 1. The van der Waals surface area contributed by atoms with Crippen molar-refractivity contribution in [1.29, 1.82) is 0 Å². The number of hydrogen-bond acceptors (Lipinski definition) is 7. The van der Waals surface area contributed by atoms with Gasteiger partial charge in [-0.2, -0.15) is 0 Å². The summed E-state index contributed by atoms with van der Waals surface area (Å²) in [5.41, 5.74) is 1.01. The monoisotopic (exact) mass is 427 g/mol. The van der Waals surface area contributed by atoms with E-state index in [1.165, 1.54) is 22.9 Å². The number of carbonyl (C=O) groups is 1. The SMILES string of the molecule is CC(C)(C)OC(=O)N[C@@H](Cc1ccccc1)C(=S)n1nnc2ccc([N+](=O)[O-])cc21.